The molecule has 0 aliphatic rings. The smallest absolute Gasteiger partial charge is 0.406 e. The molecule has 0 aliphatic carbocycles. The Morgan fingerprint density at radius 1 is 1.03 bits per heavy atom. The first-order chi connectivity index (χ1) is 14.1. The minimum Gasteiger partial charge on any atom is -0.406 e. The maximum Gasteiger partial charge on any atom is 0.573 e. The fourth-order valence-corrected chi connectivity index (χ4v) is 3.27. The molecule has 7 nitrogen and oxygen atoms in total. The van der Waals surface area contributed by atoms with Crippen LogP contribution in [-0.2, 0) is 16.0 Å². The van der Waals surface area contributed by atoms with Crippen molar-refractivity contribution in [3.63, 3.8) is 0 Å². The maximum atomic E-state index is 13.7. The molecule has 0 saturated heterocycles. The molecule has 0 unspecified atom stereocenters. The van der Waals surface area contributed by atoms with E-state index in [0.29, 0.717) is 36.4 Å². The Balaban J connectivity index is 2.39. The number of sulfone groups is 1. The summed E-state index contributed by atoms with van der Waals surface area (Å²) in [5.41, 5.74) is -2.21. The number of benzene rings is 2. The summed E-state index contributed by atoms with van der Waals surface area (Å²) in [6.07, 6.45) is -9.79. The predicted molar refractivity (Wildman–Crippen MR) is 90.4 cm³/mol. The Hall–Kier alpha value is -3.36. The van der Waals surface area contributed by atoms with E-state index in [2.05, 4.69) is 4.74 Å². The van der Waals surface area contributed by atoms with Crippen molar-refractivity contribution in [2.24, 2.45) is 0 Å². The number of halogens is 7. The zero-order chi connectivity index (χ0) is 23.6. The Morgan fingerprint density at radius 2 is 1.61 bits per heavy atom. The molecule has 0 saturated carbocycles. The summed E-state index contributed by atoms with van der Waals surface area (Å²) in [7, 11) is -4.96. The monoisotopic (exact) mass is 474 g/mol. The van der Waals surface area contributed by atoms with Crippen LogP contribution >= 0.6 is 0 Å². The Morgan fingerprint density at radius 3 is 2.10 bits per heavy atom. The summed E-state index contributed by atoms with van der Waals surface area (Å²) in [6.45, 7) is 0. The lowest BCUT2D eigenvalue weighted by atomic mass is 10.2. The van der Waals surface area contributed by atoms with Gasteiger partial charge in [0.2, 0.25) is 0 Å². The normalized spacial score (nSPS) is 13.1. The third kappa shape index (κ3) is 6.07. The van der Waals surface area contributed by atoms with Crippen molar-refractivity contribution < 1.29 is 48.8 Å². The van der Waals surface area contributed by atoms with Gasteiger partial charge in [-0.3, -0.25) is 10.1 Å². The molecule has 0 amide bonds. The number of alkyl halides is 6. The highest BCUT2D eigenvalue weighted by atomic mass is 32.2. The summed E-state index contributed by atoms with van der Waals surface area (Å²) < 4.78 is 117. The Bertz CT molecular complexity index is 1110. The summed E-state index contributed by atoms with van der Waals surface area (Å²) in [4.78, 5) is 8.93. The van der Waals surface area contributed by atoms with Crippen LogP contribution < -0.4 is 10.1 Å². The number of ether oxygens (including phenoxy) is 1. The molecule has 2 rings (SSSR count). The minimum absolute atomic E-state index is 0.147. The van der Waals surface area contributed by atoms with Gasteiger partial charge in [0, 0.05) is 0 Å². The van der Waals surface area contributed by atoms with E-state index in [1.807, 2.05) is 0 Å². The predicted octanol–water partition coefficient (Wildman–Crippen LogP) is 4.70. The highest BCUT2D eigenvalue weighted by Crippen LogP contribution is 2.32. The summed E-state index contributed by atoms with van der Waals surface area (Å²) in [5.74, 6) is -2.07. The van der Waals surface area contributed by atoms with E-state index < -0.39 is 60.0 Å². The zero-order valence-electron chi connectivity index (χ0n) is 14.7. The number of nitrogens with zero attached hydrogens (tertiary/aromatic N) is 1. The fourth-order valence-electron chi connectivity index (χ4n) is 2.12. The quantitative estimate of drug-likeness (QED) is 0.370. The van der Waals surface area contributed by atoms with Gasteiger partial charge >= 0.3 is 17.6 Å². The molecule has 15 heteroatoms. The summed E-state index contributed by atoms with van der Waals surface area (Å²) in [5, 5.41) is 11.4. The Kier molecular flexibility index (Phi) is 6.49. The maximum absolute atomic E-state index is 13.7. The van der Waals surface area contributed by atoms with Crippen molar-refractivity contribution in [1.29, 1.82) is 0 Å². The van der Waals surface area contributed by atoms with E-state index in [1.54, 1.807) is 5.32 Å². The third-order valence-corrected chi connectivity index (χ3v) is 5.18. The SMILES string of the molecule is O=[N+]([O-])/C(=C/Nc1cc(C(F)(F)F)ccc1F)S(=O)(=O)c1ccc(OC(F)(F)F)cc1. The Labute approximate surface area is 168 Å². The van der Waals surface area contributed by atoms with Gasteiger partial charge in [-0.15, -0.1) is 13.2 Å². The molecule has 31 heavy (non-hydrogen) atoms. The van der Waals surface area contributed by atoms with Crippen LogP contribution in [0.3, 0.4) is 0 Å². The number of hydrogen-bond acceptors (Lipinski definition) is 6. The van der Waals surface area contributed by atoms with Gasteiger partial charge in [-0.1, -0.05) is 0 Å². The van der Waals surface area contributed by atoms with Crippen LogP contribution in [0, 0.1) is 15.9 Å². The first kappa shape index (κ1) is 23.9. The lowest BCUT2D eigenvalue weighted by molar-refractivity contribution is -0.411. The topological polar surface area (TPSA) is 98.5 Å². The fraction of sp³-hybridized carbons (Fsp3) is 0.125. The van der Waals surface area contributed by atoms with Crippen molar-refractivity contribution >= 4 is 15.5 Å². The molecule has 0 aromatic heterocycles. The molecule has 2 aromatic rings. The molecule has 0 bridgehead atoms. The molecule has 0 atom stereocenters. The van der Waals surface area contributed by atoms with Crippen LogP contribution in [0.15, 0.2) is 58.6 Å². The van der Waals surface area contributed by atoms with Gasteiger partial charge in [0.25, 0.3) is 9.84 Å². The molecular weight excluding hydrogens is 465 g/mol. The molecule has 0 aliphatic heterocycles. The van der Waals surface area contributed by atoms with E-state index >= 15 is 0 Å². The van der Waals surface area contributed by atoms with Crippen LogP contribution in [0.2, 0.25) is 0 Å². The number of nitro groups is 1. The zero-order valence-corrected chi connectivity index (χ0v) is 15.5. The van der Waals surface area contributed by atoms with Crippen LogP contribution in [0.1, 0.15) is 5.56 Å². The van der Waals surface area contributed by atoms with Crippen LogP contribution in [0.25, 0.3) is 0 Å². The summed E-state index contributed by atoms with van der Waals surface area (Å²) in [6, 6.07) is 3.41. The van der Waals surface area contributed by atoms with E-state index in [9.17, 15) is 49.3 Å². The van der Waals surface area contributed by atoms with Crippen LogP contribution in [-0.4, -0.2) is 19.7 Å². The molecule has 0 spiro atoms. The van der Waals surface area contributed by atoms with Crippen molar-refractivity contribution in [1.82, 2.24) is 0 Å². The molecule has 0 radical (unpaired) electrons. The van der Waals surface area contributed by atoms with Crippen molar-refractivity contribution in [3.8, 4) is 5.75 Å². The van der Waals surface area contributed by atoms with Gasteiger partial charge in [-0.2, -0.15) is 13.2 Å². The second kappa shape index (κ2) is 8.41. The average molecular weight is 474 g/mol. The molecule has 168 valence electrons. The van der Waals surface area contributed by atoms with Crippen molar-refractivity contribution in [2.75, 3.05) is 5.32 Å². The van der Waals surface area contributed by atoms with E-state index in [-0.39, 0.29) is 12.3 Å². The first-order valence-electron chi connectivity index (χ1n) is 7.70. The second-order valence-electron chi connectivity index (χ2n) is 5.60. The minimum atomic E-state index is -5.06. The van der Waals surface area contributed by atoms with Gasteiger partial charge in [-0.25, -0.2) is 12.8 Å². The largest absolute Gasteiger partial charge is 0.573 e. The van der Waals surface area contributed by atoms with Crippen LogP contribution in [0.4, 0.5) is 36.4 Å². The highest BCUT2D eigenvalue weighted by Gasteiger charge is 2.34. The molecule has 0 fully saturated rings. The summed E-state index contributed by atoms with van der Waals surface area (Å²) >= 11 is 0. The van der Waals surface area contributed by atoms with E-state index in [4.69, 9.17) is 0 Å². The molecule has 0 heterocycles. The average Bonchev–Trinajstić information content (AvgIpc) is 2.61. The van der Waals surface area contributed by atoms with Gasteiger partial charge in [0.1, 0.15) is 11.6 Å². The molecular formula is C16H9F7N2O5S. The van der Waals surface area contributed by atoms with Crippen molar-refractivity contribution in [2.45, 2.75) is 17.4 Å². The number of anilines is 1. The van der Waals surface area contributed by atoms with Gasteiger partial charge in [0.15, 0.2) is 0 Å². The van der Waals surface area contributed by atoms with Gasteiger partial charge in [0.05, 0.1) is 27.3 Å². The number of hydrogen-bond donors (Lipinski definition) is 1. The third-order valence-electron chi connectivity index (χ3n) is 3.47. The van der Waals surface area contributed by atoms with Gasteiger partial charge in [-0.05, 0) is 42.5 Å². The van der Waals surface area contributed by atoms with Crippen LogP contribution in [0.5, 0.6) is 5.75 Å². The molecule has 2 aromatic carbocycles. The lowest BCUT2D eigenvalue weighted by Crippen LogP contribution is -2.17. The number of rotatable bonds is 6. The standard InChI is InChI=1S/C16H9F7N2O5S/c17-12-6-1-9(15(18,19)20)7-13(12)24-8-14(25(26)27)31(28,29)11-4-2-10(3-5-11)30-16(21,22)23/h1-8,24H/b14-8-. The second-order valence-corrected chi connectivity index (χ2v) is 7.50. The van der Waals surface area contributed by atoms with E-state index in [0.717, 1.165) is 0 Å². The van der Waals surface area contributed by atoms with E-state index in [1.165, 1.54) is 0 Å². The number of nitrogens with one attached hydrogen (secondary N) is 1. The highest BCUT2D eigenvalue weighted by molar-refractivity contribution is 7.95. The van der Waals surface area contributed by atoms with Crippen molar-refractivity contribution in [3.05, 3.63) is 75.2 Å². The first-order valence-corrected chi connectivity index (χ1v) is 9.18. The van der Waals surface area contributed by atoms with Gasteiger partial charge < -0.3 is 10.1 Å². The molecule has 1 N–H and O–H groups in total. The lowest BCUT2D eigenvalue weighted by Gasteiger charge is -2.10.